The van der Waals surface area contributed by atoms with Gasteiger partial charge in [0.1, 0.15) is 0 Å². The Balaban J connectivity index is 0. The molecule has 0 aliphatic carbocycles. The maximum absolute atomic E-state index is 10.2. The number of hydrogen-bond donors (Lipinski definition) is 2. The van der Waals surface area contributed by atoms with Crippen molar-refractivity contribution in [3.05, 3.63) is 33.1 Å². The third-order valence-electron chi connectivity index (χ3n) is 0.686. The molecule has 0 aliphatic rings. The second kappa shape index (κ2) is 7.78. The zero-order valence-electron chi connectivity index (χ0n) is 7.29. The quantitative estimate of drug-likeness (QED) is 0.402. The van der Waals surface area contributed by atoms with Crippen LogP contribution in [-0.2, 0) is 4.79 Å². The normalized spacial score (nSPS) is 7.46. The molecule has 0 unspecified atom stereocenters. The molecule has 6 nitrogen and oxygen atoms in total. The van der Waals surface area contributed by atoms with Crippen molar-refractivity contribution in [1.82, 2.24) is 9.97 Å². The summed E-state index contributed by atoms with van der Waals surface area (Å²) in [6.07, 6.45) is 1.29. The summed E-state index contributed by atoms with van der Waals surface area (Å²) in [4.78, 5) is 33.5. The first-order valence-electron chi connectivity index (χ1n) is 2.98. The largest absolute Gasteiger partial charge is 1.00 e. The number of H-pyrrole nitrogens is 2. The van der Waals surface area contributed by atoms with Crippen LogP contribution >= 0.6 is 0 Å². The number of rotatable bonds is 0. The third-order valence-corrected chi connectivity index (χ3v) is 0.686. The molecule has 0 aliphatic heterocycles. The maximum Gasteiger partial charge on any atom is 1.00 e. The average molecular weight is 194 g/mol. The Labute approximate surface area is 95.3 Å². The Bertz CT molecular complexity index is 327. The predicted molar refractivity (Wildman–Crippen MR) is 38.4 cm³/mol. The van der Waals surface area contributed by atoms with Gasteiger partial charge in [-0.1, -0.05) is 0 Å². The molecule has 0 amide bonds. The van der Waals surface area contributed by atoms with Gasteiger partial charge in [0.25, 0.3) is 5.56 Å². The van der Waals surface area contributed by atoms with Crippen LogP contribution in [0.1, 0.15) is 6.92 Å². The summed E-state index contributed by atoms with van der Waals surface area (Å²) in [5.74, 6) is -1.08. The van der Waals surface area contributed by atoms with Crippen LogP contribution < -0.4 is 45.9 Å². The minimum absolute atomic E-state index is 0. The van der Waals surface area contributed by atoms with Crippen LogP contribution in [0.5, 0.6) is 0 Å². The van der Waals surface area contributed by atoms with E-state index in [9.17, 15) is 9.59 Å². The minimum Gasteiger partial charge on any atom is -0.550 e. The summed E-state index contributed by atoms with van der Waals surface area (Å²) < 4.78 is 0. The molecule has 0 atom stereocenters. The van der Waals surface area contributed by atoms with Crippen molar-refractivity contribution in [3.63, 3.8) is 0 Å². The summed E-state index contributed by atoms with van der Waals surface area (Å²) in [5, 5.41) is 8.89. The monoisotopic (exact) mass is 194 g/mol. The van der Waals surface area contributed by atoms with Gasteiger partial charge in [-0.25, -0.2) is 4.79 Å². The fraction of sp³-hybridized carbons (Fsp3) is 0.167. The minimum atomic E-state index is -1.08. The van der Waals surface area contributed by atoms with Crippen molar-refractivity contribution >= 4 is 5.97 Å². The molecule has 0 saturated heterocycles. The van der Waals surface area contributed by atoms with E-state index in [2.05, 4.69) is 4.98 Å². The molecule has 1 aromatic rings. The molecule has 1 heterocycles. The number of hydrogen-bond acceptors (Lipinski definition) is 4. The van der Waals surface area contributed by atoms with Crippen molar-refractivity contribution in [2.45, 2.75) is 6.92 Å². The molecule has 0 aromatic carbocycles. The zero-order chi connectivity index (χ0) is 9.56. The number of aliphatic carboxylic acids is 1. The number of carbonyl (C=O) groups excluding carboxylic acids is 1. The van der Waals surface area contributed by atoms with Gasteiger partial charge in [0.2, 0.25) is 0 Å². The zero-order valence-corrected chi connectivity index (χ0v) is 9.29. The molecule has 2 N–H and O–H groups in total. The van der Waals surface area contributed by atoms with Gasteiger partial charge in [-0.2, -0.15) is 0 Å². The van der Waals surface area contributed by atoms with Crippen LogP contribution in [0.4, 0.5) is 0 Å². The standard InChI is InChI=1S/C4H4N2O2.C2H4O2.Na/c7-3-1-2-5-4(8)6-3;1-2(3)4;/h1-2H,(H2,5,6,7,8);1H3,(H,3,4);/q;;+1/p-1. The Hall–Kier alpha value is -0.850. The Morgan fingerprint density at radius 2 is 1.92 bits per heavy atom. The van der Waals surface area contributed by atoms with Crippen molar-refractivity contribution in [3.8, 4) is 0 Å². The molecular weight excluding hydrogens is 187 g/mol. The molecule has 66 valence electrons. The second-order valence-corrected chi connectivity index (χ2v) is 1.79. The van der Waals surface area contributed by atoms with Crippen LogP contribution in [0.15, 0.2) is 21.9 Å². The molecule has 7 heteroatoms. The van der Waals surface area contributed by atoms with E-state index in [0.29, 0.717) is 0 Å². The number of carbonyl (C=O) groups is 1. The van der Waals surface area contributed by atoms with Crippen LogP contribution in [-0.4, -0.2) is 15.9 Å². The van der Waals surface area contributed by atoms with Gasteiger partial charge in [-0.15, -0.1) is 0 Å². The van der Waals surface area contributed by atoms with Crippen molar-refractivity contribution in [2.75, 3.05) is 0 Å². The van der Waals surface area contributed by atoms with Gasteiger partial charge in [0.15, 0.2) is 0 Å². The van der Waals surface area contributed by atoms with Crippen molar-refractivity contribution < 1.29 is 39.5 Å². The Kier molecular flexibility index (Phi) is 8.78. The van der Waals surface area contributed by atoms with Crippen LogP contribution in [0, 0.1) is 0 Å². The van der Waals surface area contributed by atoms with E-state index in [-0.39, 0.29) is 35.1 Å². The van der Waals surface area contributed by atoms with E-state index in [0.717, 1.165) is 6.92 Å². The van der Waals surface area contributed by atoms with Gasteiger partial charge in [0, 0.05) is 18.2 Å². The molecule has 0 spiro atoms. The van der Waals surface area contributed by atoms with E-state index in [1.54, 1.807) is 0 Å². The van der Waals surface area contributed by atoms with E-state index >= 15 is 0 Å². The van der Waals surface area contributed by atoms with Gasteiger partial charge >= 0.3 is 35.2 Å². The fourth-order valence-electron chi connectivity index (χ4n) is 0.383. The molecule has 0 fully saturated rings. The Morgan fingerprint density at radius 3 is 2.15 bits per heavy atom. The maximum atomic E-state index is 10.2. The summed E-state index contributed by atoms with van der Waals surface area (Å²) >= 11 is 0. The molecule has 1 aromatic heterocycles. The number of carboxylic acid groups (broad SMARTS) is 1. The predicted octanol–water partition coefficient (Wildman–Crippen LogP) is -5.18. The number of aromatic amines is 2. The Morgan fingerprint density at radius 1 is 1.46 bits per heavy atom. The van der Waals surface area contributed by atoms with E-state index < -0.39 is 11.7 Å². The number of carboxylic acids is 1. The van der Waals surface area contributed by atoms with Crippen LogP contribution in [0.3, 0.4) is 0 Å². The van der Waals surface area contributed by atoms with Gasteiger partial charge in [-0.3, -0.25) is 9.78 Å². The van der Waals surface area contributed by atoms with Crippen molar-refractivity contribution in [2.24, 2.45) is 0 Å². The van der Waals surface area contributed by atoms with Gasteiger partial charge in [0.05, 0.1) is 0 Å². The SMILES string of the molecule is CC(=O)[O-].O=c1cc[nH]c(=O)[nH]1.[Na+]. The van der Waals surface area contributed by atoms with Gasteiger partial charge in [-0.05, 0) is 6.92 Å². The summed E-state index contributed by atoms with van der Waals surface area (Å²) in [6, 6.07) is 1.24. The summed E-state index contributed by atoms with van der Waals surface area (Å²) in [6.45, 7) is 0.972. The summed E-state index contributed by atoms with van der Waals surface area (Å²) in [5.41, 5.74) is -0.855. The number of aromatic nitrogens is 2. The summed E-state index contributed by atoms with van der Waals surface area (Å²) in [7, 11) is 0. The second-order valence-electron chi connectivity index (χ2n) is 1.79. The van der Waals surface area contributed by atoms with E-state index in [1.807, 2.05) is 4.98 Å². The van der Waals surface area contributed by atoms with Crippen LogP contribution in [0.25, 0.3) is 0 Å². The topological polar surface area (TPSA) is 106 Å². The third kappa shape index (κ3) is 11.1. The smallest absolute Gasteiger partial charge is 0.550 e. The number of nitrogens with one attached hydrogen (secondary N) is 2. The first kappa shape index (κ1) is 14.7. The molecule has 1 rings (SSSR count). The van der Waals surface area contributed by atoms with E-state index in [1.165, 1.54) is 12.3 Å². The first-order chi connectivity index (χ1) is 5.52. The van der Waals surface area contributed by atoms with E-state index in [4.69, 9.17) is 9.90 Å². The van der Waals surface area contributed by atoms with Gasteiger partial charge < -0.3 is 14.9 Å². The van der Waals surface area contributed by atoms with Crippen molar-refractivity contribution in [1.29, 1.82) is 0 Å². The molecular formula is C6H7N2NaO4. The first-order valence-corrected chi connectivity index (χ1v) is 2.98. The molecule has 0 bridgehead atoms. The molecule has 0 radical (unpaired) electrons. The molecule has 13 heavy (non-hydrogen) atoms. The fourth-order valence-corrected chi connectivity index (χ4v) is 0.383. The van der Waals surface area contributed by atoms with Crippen LogP contribution in [0.2, 0.25) is 0 Å². The average Bonchev–Trinajstić information content (AvgIpc) is 1.84. The molecule has 0 saturated carbocycles.